The van der Waals surface area contributed by atoms with Gasteiger partial charge in [0.25, 0.3) is 0 Å². The van der Waals surface area contributed by atoms with Crippen molar-refractivity contribution < 1.29 is 0 Å². The first-order valence-corrected chi connectivity index (χ1v) is 6.17. The molecule has 14 heavy (non-hydrogen) atoms. The second-order valence-corrected chi connectivity index (χ2v) is 4.70. The van der Waals surface area contributed by atoms with Crippen molar-refractivity contribution in [1.29, 1.82) is 0 Å². The van der Waals surface area contributed by atoms with Crippen molar-refractivity contribution in [2.24, 2.45) is 17.6 Å². The van der Waals surface area contributed by atoms with Crippen LogP contribution in [0.3, 0.4) is 0 Å². The van der Waals surface area contributed by atoms with E-state index in [0.29, 0.717) is 0 Å². The molecular formula is C12H26N2. The van der Waals surface area contributed by atoms with E-state index >= 15 is 0 Å². The topological polar surface area (TPSA) is 29.3 Å². The van der Waals surface area contributed by atoms with Crippen LogP contribution in [-0.2, 0) is 0 Å². The quantitative estimate of drug-likeness (QED) is 0.733. The van der Waals surface area contributed by atoms with Crippen LogP contribution in [0.15, 0.2) is 0 Å². The number of nitrogens with two attached hydrogens (primary N) is 1. The monoisotopic (exact) mass is 198 g/mol. The van der Waals surface area contributed by atoms with Gasteiger partial charge in [-0.05, 0) is 38.3 Å². The van der Waals surface area contributed by atoms with Crippen molar-refractivity contribution in [2.75, 3.05) is 19.6 Å². The summed E-state index contributed by atoms with van der Waals surface area (Å²) in [6.45, 7) is 10.4. The third-order valence-corrected chi connectivity index (χ3v) is 3.96. The molecule has 1 fully saturated rings. The lowest BCUT2D eigenvalue weighted by atomic mass is 9.94. The van der Waals surface area contributed by atoms with E-state index in [1.54, 1.807) is 0 Å². The molecule has 2 unspecified atom stereocenters. The molecule has 2 heteroatoms. The molecule has 2 nitrogen and oxygen atoms in total. The van der Waals surface area contributed by atoms with Gasteiger partial charge in [-0.15, -0.1) is 0 Å². The van der Waals surface area contributed by atoms with E-state index in [1.165, 1.54) is 32.4 Å². The van der Waals surface area contributed by atoms with E-state index in [4.69, 9.17) is 5.73 Å². The zero-order chi connectivity index (χ0) is 10.6. The Morgan fingerprint density at radius 2 is 2.00 bits per heavy atom. The summed E-state index contributed by atoms with van der Waals surface area (Å²) in [5, 5.41) is 0. The van der Waals surface area contributed by atoms with Gasteiger partial charge in [-0.25, -0.2) is 0 Å². The van der Waals surface area contributed by atoms with E-state index in [1.807, 2.05) is 0 Å². The lowest BCUT2D eigenvalue weighted by Gasteiger charge is -2.30. The Morgan fingerprint density at radius 1 is 1.36 bits per heavy atom. The molecule has 0 bridgehead atoms. The van der Waals surface area contributed by atoms with Gasteiger partial charge < -0.3 is 10.6 Å². The second-order valence-electron chi connectivity index (χ2n) is 4.70. The van der Waals surface area contributed by atoms with Crippen molar-refractivity contribution in [2.45, 2.75) is 46.1 Å². The molecule has 1 aliphatic rings. The minimum Gasteiger partial charge on any atom is -0.330 e. The standard InChI is InChI=1S/C12H26N2/c1-4-12(5-2)10(3)14-7-6-11(8-13)9-14/h10-12H,4-9,13H2,1-3H3. The second kappa shape index (κ2) is 5.72. The number of hydrogen-bond acceptors (Lipinski definition) is 2. The fraction of sp³-hybridized carbons (Fsp3) is 1.00. The van der Waals surface area contributed by atoms with Gasteiger partial charge in [0.05, 0.1) is 0 Å². The molecule has 0 saturated carbocycles. The molecule has 0 radical (unpaired) electrons. The molecule has 1 aliphatic heterocycles. The molecule has 0 aromatic carbocycles. The number of likely N-dealkylation sites (tertiary alicyclic amines) is 1. The van der Waals surface area contributed by atoms with Crippen LogP contribution in [0.25, 0.3) is 0 Å². The Bertz CT molecular complexity index is 154. The third kappa shape index (κ3) is 2.71. The molecular weight excluding hydrogens is 172 g/mol. The predicted molar refractivity (Wildman–Crippen MR) is 62.3 cm³/mol. The van der Waals surface area contributed by atoms with Crippen LogP contribution in [0, 0.1) is 11.8 Å². The maximum Gasteiger partial charge on any atom is 0.00951 e. The molecule has 0 aromatic rings. The fourth-order valence-electron chi connectivity index (χ4n) is 2.69. The Kier molecular flexibility index (Phi) is 4.90. The minimum atomic E-state index is 0.751. The Hall–Kier alpha value is -0.0800. The Balaban J connectivity index is 2.41. The third-order valence-electron chi connectivity index (χ3n) is 3.96. The van der Waals surface area contributed by atoms with Gasteiger partial charge in [0, 0.05) is 12.6 Å². The molecule has 0 amide bonds. The van der Waals surface area contributed by atoms with E-state index < -0.39 is 0 Å². The number of rotatable bonds is 5. The van der Waals surface area contributed by atoms with Crippen LogP contribution in [0.5, 0.6) is 0 Å². The van der Waals surface area contributed by atoms with Gasteiger partial charge in [-0.2, -0.15) is 0 Å². The minimum absolute atomic E-state index is 0.751. The highest BCUT2D eigenvalue weighted by Crippen LogP contribution is 2.24. The first-order valence-electron chi connectivity index (χ1n) is 6.17. The molecule has 2 N–H and O–H groups in total. The lowest BCUT2D eigenvalue weighted by molar-refractivity contribution is 0.176. The van der Waals surface area contributed by atoms with E-state index in [9.17, 15) is 0 Å². The highest BCUT2D eigenvalue weighted by atomic mass is 15.2. The maximum atomic E-state index is 5.71. The largest absolute Gasteiger partial charge is 0.330 e. The van der Waals surface area contributed by atoms with Gasteiger partial charge in [-0.1, -0.05) is 26.7 Å². The fourth-order valence-corrected chi connectivity index (χ4v) is 2.69. The van der Waals surface area contributed by atoms with Gasteiger partial charge in [0.15, 0.2) is 0 Å². The molecule has 0 aromatic heterocycles. The van der Waals surface area contributed by atoms with Crippen LogP contribution >= 0.6 is 0 Å². The number of hydrogen-bond donors (Lipinski definition) is 1. The maximum absolute atomic E-state index is 5.71. The average molecular weight is 198 g/mol. The van der Waals surface area contributed by atoms with Gasteiger partial charge in [0.2, 0.25) is 0 Å². The lowest BCUT2D eigenvalue weighted by Crippen LogP contribution is -2.37. The zero-order valence-corrected chi connectivity index (χ0v) is 10.00. The van der Waals surface area contributed by atoms with Crippen LogP contribution in [0.1, 0.15) is 40.0 Å². The normalized spacial score (nSPS) is 25.9. The SMILES string of the molecule is CCC(CC)C(C)N1CCC(CN)C1. The number of nitrogens with zero attached hydrogens (tertiary/aromatic N) is 1. The molecule has 1 rings (SSSR count). The first-order chi connectivity index (χ1) is 6.72. The molecule has 2 atom stereocenters. The summed E-state index contributed by atoms with van der Waals surface area (Å²) in [4.78, 5) is 2.63. The summed E-state index contributed by atoms with van der Waals surface area (Å²) >= 11 is 0. The molecule has 0 aliphatic carbocycles. The van der Waals surface area contributed by atoms with Crippen molar-refractivity contribution in [3.8, 4) is 0 Å². The smallest absolute Gasteiger partial charge is 0.00951 e. The summed E-state index contributed by atoms with van der Waals surface area (Å²) in [6, 6.07) is 0.751. The van der Waals surface area contributed by atoms with Crippen LogP contribution in [0.4, 0.5) is 0 Å². The van der Waals surface area contributed by atoms with Gasteiger partial charge >= 0.3 is 0 Å². The van der Waals surface area contributed by atoms with E-state index in [0.717, 1.165) is 24.4 Å². The summed E-state index contributed by atoms with van der Waals surface area (Å²) in [5.74, 6) is 1.62. The summed E-state index contributed by atoms with van der Waals surface area (Å²) in [5.41, 5.74) is 5.71. The van der Waals surface area contributed by atoms with Crippen molar-refractivity contribution in [3.63, 3.8) is 0 Å². The van der Waals surface area contributed by atoms with E-state index in [2.05, 4.69) is 25.7 Å². The highest BCUT2D eigenvalue weighted by molar-refractivity contribution is 4.82. The van der Waals surface area contributed by atoms with Crippen molar-refractivity contribution >= 4 is 0 Å². The van der Waals surface area contributed by atoms with Crippen LogP contribution in [-0.4, -0.2) is 30.6 Å². The molecule has 84 valence electrons. The summed E-state index contributed by atoms with van der Waals surface area (Å²) < 4.78 is 0. The predicted octanol–water partition coefficient (Wildman–Crippen LogP) is 2.09. The van der Waals surface area contributed by atoms with E-state index in [-0.39, 0.29) is 0 Å². The average Bonchev–Trinajstić information content (AvgIpc) is 2.67. The molecule has 0 spiro atoms. The first kappa shape index (κ1) is 12.0. The molecule has 1 heterocycles. The summed E-state index contributed by atoms with van der Waals surface area (Å²) in [7, 11) is 0. The van der Waals surface area contributed by atoms with Gasteiger partial charge in [0.1, 0.15) is 0 Å². The van der Waals surface area contributed by atoms with Crippen LogP contribution < -0.4 is 5.73 Å². The van der Waals surface area contributed by atoms with Crippen LogP contribution in [0.2, 0.25) is 0 Å². The van der Waals surface area contributed by atoms with Crippen molar-refractivity contribution in [3.05, 3.63) is 0 Å². The van der Waals surface area contributed by atoms with Crippen molar-refractivity contribution in [1.82, 2.24) is 4.90 Å². The zero-order valence-electron chi connectivity index (χ0n) is 10.00. The van der Waals surface area contributed by atoms with Gasteiger partial charge in [-0.3, -0.25) is 0 Å². The summed E-state index contributed by atoms with van der Waals surface area (Å²) in [6.07, 6.45) is 3.92. The Morgan fingerprint density at radius 3 is 2.43 bits per heavy atom. The highest BCUT2D eigenvalue weighted by Gasteiger charge is 2.27. The Labute approximate surface area is 88.8 Å². The molecule has 1 saturated heterocycles.